The summed E-state index contributed by atoms with van der Waals surface area (Å²) in [5, 5.41) is 25.1. The van der Waals surface area contributed by atoms with Crippen LogP contribution in [0.5, 0.6) is 0 Å². The summed E-state index contributed by atoms with van der Waals surface area (Å²) in [6.07, 6.45) is -4.00. The highest BCUT2D eigenvalue weighted by atomic mass is 127. The highest BCUT2D eigenvalue weighted by Gasteiger charge is 2.39. The lowest BCUT2D eigenvalue weighted by Crippen LogP contribution is -2.40. The first-order valence-electron chi connectivity index (χ1n) is 2.43. The van der Waals surface area contributed by atoms with Crippen LogP contribution in [0.15, 0.2) is 0 Å². The normalized spacial score (nSPS) is 18.6. The van der Waals surface area contributed by atoms with Crippen LogP contribution in [-0.2, 0) is 0 Å². The van der Waals surface area contributed by atoms with Crippen LogP contribution in [0.2, 0.25) is 0 Å². The number of alkyl halides is 3. The molecule has 0 spiro atoms. The quantitative estimate of drug-likeness (QED) is 0.487. The summed E-state index contributed by atoms with van der Waals surface area (Å²) >= 11 is 0.687. The SMILES string of the molecule is OC[C@@H](O)[C@@H](O)C(F)(F)I. The Morgan fingerprint density at radius 3 is 1.90 bits per heavy atom. The van der Waals surface area contributed by atoms with E-state index in [0.29, 0.717) is 22.6 Å². The molecular weight excluding hydrogens is 261 g/mol. The zero-order chi connectivity index (χ0) is 8.36. The van der Waals surface area contributed by atoms with Crippen LogP contribution < -0.4 is 0 Å². The van der Waals surface area contributed by atoms with E-state index in [1.54, 1.807) is 0 Å². The van der Waals surface area contributed by atoms with Gasteiger partial charge in [0.05, 0.1) is 6.61 Å². The number of hydrogen-bond acceptors (Lipinski definition) is 3. The van der Waals surface area contributed by atoms with E-state index in [0.717, 1.165) is 0 Å². The molecule has 0 fully saturated rings. The monoisotopic (exact) mass is 268 g/mol. The van der Waals surface area contributed by atoms with Gasteiger partial charge >= 0.3 is 3.93 Å². The van der Waals surface area contributed by atoms with E-state index in [1.165, 1.54) is 0 Å². The Balaban J connectivity index is 3.94. The molecule has 3 nitrogen and oxygen atoms in total. The molecule has 0 bridgehead atoms. The molecule has 0 aromatic rings. The van der Waals surface area contributed by atoms with Crippen molar-refractivity contribution >= 4 is 22.6 Å². The van der Waals surface area contributed by atoms with Crippen LogP contribution in [0.25, 0.3) is 0 Å². The predicted molar refractivity (Wildman–Crippen MR) is 38.1 cm³/mol. The number of hydrogen-bond donors (Lipinski definition) is 3. The third-order valence-corrected chi connectivity index (χ3v) is 1.53. The molecule has 0 aliphatic heterocycles. The van der Waals surface area contributed by atoms with Gasteiger partial charge in [0.1, 0.15) is 6.10 Å². The number of aliphatic hydroxyl groups excluding tert-OH is 3. The molecule has 0 rings (SSSR count). The molecule has 62 valence electrons. The zero-order valence-corrected chi connectivity index (χ0v) is 6.99. The summed E-state index contributed by atoms with van der Waals surface area (Å²) in [5.41, 5.74) is 0. The van der Waals surface area contributed by atoms with Crippen molar-refractivity contribution in [2.75, 3.05) is 6.61 Å². The molecule has 6 heteroatoms. The van der Waals surface area contributed by atoms with Crippen LogP contribution in [0.1, 0.15) is 0 Å². The molecule has 0 aliphatic carbocycles. The standard InChI is InChI=1S/C4H7F2IO3/c5-4(6,7)3(10)2(9)1-8/h2-3,8-10H,1H2/t2-,3-/m1/s1. The van der Waals surface area contributed by atoms with Gasteiger partial charge in [-0.1, -0.05) is 0 Å². The fourth-order valence-corrected chi connectivity index (χ4v) is 0.733. The van der Waals surface area contributed by atoms with Gasteiger partial charge in [0, 0.05) is 22.6 Å². The molecule has 0 heterocycles. The van der Waals surface area contributed by atoms with Crippen LogP contribution in [0.4, 0.5) is 8.78 Å². The summed E-state index contributed by atoms with van der Waals surface area (Å²) in [4.78, 5) is 0. The van der Waals surface area contributed by atoms with E-state index in [1.807, 2.05) is 0 Å². The minimum Gasteiger partial charge on any atom is -0.394 e. The molecule has 0 amide bonds. The van der Waals surface area contributed by atoms with Gasteiger partial charge in [-0.15, -0.1) is 0 Å². The van der Waals surface area contributed by atoms with Crippen molar-refractivity contribution in [2.45, 2.75) is 16.1 Å². The van der Waals surface area contributed by atoms with Crippen molar-refractivity contribution in [3.05, 3.63) is 0 Å². The number of rotatable bonds is 3. The lowest BCUT2D eigenvalue weighted by Gasteiger charge is -2.19. The molecule has 0 saturated carbocycles. The smallest absolute Gasteiger partial charge is 0.324 e. The first kappa shape index (κ1) is 10.5. The molecule has 0 aliphatic rings. The molecule has 10 heavy (non-hydrogen) atoms. The van der Waals surface area contributed by atoms with E-state index in [9.17, 15) is 8.78 Å². The van der Waals surface area contributed by atoms with Gasteiger partial charge in [-0.05, 0) is 0 Å². The largest absolute Gasteiger partial charge is 0.394 e. The highest BCUT2D eigenvalue weighted by Crippen LogP contribution is 2.28. The van der Waals surface area contributed by atoms with Crippen molar-refractivity contribution in [1.29, 1.82) is 0 Å². The van der Waals surface area contributed by atoms with E-state index >= 15 is 0 Å². The molecule has 0 radical (unpaired) electrons. The second kappa shape index (κ2) is 3.74. The van der Waals surface area contributed by atoms with E-state index < -0.39 is 22.7 Å². The highest BCUT2D eigenvalue weighted by molar-refractivity contribution is 14.1. The summed E-state index contributed by atoms with van der Waals surface area (Å²) in [7, 11) is 0. The van der Waals surface area contributed by atoms with Gasteiger partial charge in [0.25, 0.3) is 0 Å². The molecule has 0 saturated heterocycles. The average molecular weight is 268 g/mol. The van der Waals surface area contributed by atoms with Crippen molar-refractivity contribution < 1.29 is 24.1 Å². The fraction of sp³-hybridized carbons (Fsp3) is 1.00. The Morgan fingerprint density at radius 1 is 1.40 bits per heavy atom. The van der Waals surface area contributed by atoms with Crippen LogP contribution in [-0.4, -0.2) is 38.1 Å². The van der Waals surface area contributed by atoms with Gasteiger partial charge in [-0.25, -0.2) is 0 Å². The first-order valence-corrected chi connectivity index (χ1v) is 3.51. The molecule has 0 aromatic heterocycles. The van der Waals surface area contributed by atoms with Crippen molar-refractivity contribution in [1.82, 2.24) is 0 Å². The third kappa shape index (κ3) is 3.04. The van der Waals surface area contributed by atoms with E-state index in [4.69, 9.17) is 15.3 Å². The predicted octanol–water partition coefficient (Wildman–Crippen LogP) is -0.272. The lowest BCUT2D eigenvalue weighted by atomic mass is 10.2. The molecule has 3 N–H and O–H groups in total. The van der Waals surface area contributed by atoms with Crippen LogP contribution in [0.3, 0.4) is 0 Å². The van der Waals surface area contributed by atoms with Gasteiger partial charge in [0.2, 0.25) is 0 Å². The lowest BCUT2D eigenvalue weighted by molar-refractivity contribution is -0.0994. The summed E-state index contributed by atoms with van der Waals surface area (Å²) < 4.78 is 20.6. The summed E-state index contributed by atoms with van der Waals surface area (Å²) in [6, 6.07) is 0. The van der Waals surface area contributed by atoms with Crippen LogP contribution >= 0.6 is 22.6 Å². The van der Waals surface area contributed by atoms with Gasteiger partial charge in [-0.3, -0.25) is 0 Å². The maximum Gasteiger partial charge on any atom is 0.324 e. The van der Waals surface area contributed by atoms with Crippen molar-refractivity contribution in [3.8, 4) is 0 Å². The van der Waals surface area contributed by atoms with Crippen LogP contribution in [0, 0.1) is 0 Å². The second-order valence-corrected chi connectivity index (χ2v) is 3.17. The Labute approximate surface area is 69.8 Å². The number of aliphatic hydroxyl groups is 3. The Kier molecular flexibility index (Phi) is 3.92. The second-order valence-electron chi connectivity index (χ2n) is 1.74. The maximum atomic E-state index is 12.0. The van der Waals surface area contributed by atoms with Crippen molar-refractivity contribution in [3.63, 3.8) is 0 Å². The Morgan fingerprint density at radius 2 is 1.80 bits per heavy atom. The maximum absolute atomic E-state index is 12.0. The molecule has 0 aromatic carbocycles. The molecule has 0 unspecified atom stereocenters. The number of halogens is 3. The molecular formula is C4H7F2IO3. The summed E-state index contributed by atoms with van der Waals surface area (Å²) in [6.45, 7) is -0.875. The van der Waals surface area contributed by atoms with Gasteiger partial charge in [-0.2, -0.15) is 8.78 Å². The first-order chi connectivity index (χ1) is 4.39. The summed E-state index contributed by atoms with van der Waals surface area (Å²) in [5.74, 6) is 0. The fourth-order valence-electron chi connectivity index (χ4n) is 0.318. The van der Waals surface area contributed by atoms with Crippen molar-refractivity contribution in [2.24, 2.45) is 0 Å². The average Bonchev–Trinajstić information content (AvgIpc) is 1.83. The van der Waals surface area contributed by atoms with Gasteiger partial charge < -0.3 is 15.3 Å². The Bertz CT molecular complexity index is 105. The zero-order valence-electron chi connectivity index (χ0n) is 4.84. The van der Waals surface area contributed by atoms with E-state index in [-0.39, 0.29) is 0 Å². The van der Waals surface area contributed by atoms with Gasteiger partial charge in [0.15, 0.2) is 6.10 Å². The minimum atomic E-state index is -3.40. The third-order valence-electron chi connectivity index (χ3n) is 0.887. The topological polar surface area (TPSA) is 60.7 Å². The van der Waals surface area contributed by atoms with E-state index in [2.05, 4.69) is 0 Å². The minimum absolute atomic E-state index is 0.687. The molecule has 2 atom stereocenters. The Hall–Kier alpha value is 0.470.